The van der Waals surface area contributed by atoms with Crippen molar-refractivity contribution in [3.05, 3.63) is 125 Å². The van der Waals surface area contributed by atoms with E-state index in [0.29, 0.717) is 11.3 Å². The standard InChI is InChI=1S/C39H40F2N8O4/c1-3-27(2)47-26-42-49(38(47)50)31-11-9-29(10-12-31)45-18-20-46(21-19-45)30-13-15-32(16-14-30)51-23-33-24-52-39(53-33,34-17-8-28(40)22-35(34)41)25-48-37-7-5-4-6-36(37)43-44-48/h4-17,22,26-27,33H,3,18-21,23-25H2,1-2H3/t27?,33-,39-/m1/s1. The fourth-order valence-corrected chi connectivity index (χ4v) is 6.95. The van der Waals surface area contributed by atoms with E-state index in [-0.39, 0.29) is 37.1 Å². The average Bonchev–Trinajstić information content (AvgIpc) is 3.91. The number of aromatic nitrogens is 6. The first-order chi connectivity index (χ1) is 25.8. The van der Waals surface area contributed by atoms with Crippen LogP contribution in [0.2, 0.25) is 0 Å². The fourth-order valence-electron chi connectivity index (χ4n) is 6.95. The Morgan fingerprint density at radius 3 is 2.28 bits per heavy atom. The molecule has 1 unspecified atom stereocenters. The first-order valence-electron chi connectivity index (χ1n) is 17.8. The van der Waals surface area contributed by atoms with Crippen LogP contribution in [-0.2, 0) is 21.8 Å². The molecule has 0 N–H and O–H groups in total. The smallest absolute Gasteiger partial charge is 0.350 e. The predicted molar refractivity (Wildman–Crippen MR) is 196 cm³/mol. The van der Waals surface area contributed by atoms with Gasteiger partial charge in [-0.2, -0.15) is 9.78 Å². The molecule has 0 aliphatic carbocycles. The van der Waals surface area contributed by atoms with E-state index < -0.39 is 23.5 Å². The van der Waals surface area contributed by atoms with Crippen LogP contribution in [0.15, 0.2) is 102 Å². The van der Waals surface area contributed by atoms with Gasteiger partial charge in [0.15, 0.2) is 0 Å². The molecule has 6 aromatic rings. The zero-order valence-corrected chi connectivity index (χ0v) is 29.5. The number of halogens is 2. The summed E-state index contributed by atoms with van der Waals surface area (Å²) in [6, 6.07) is 26.8. The number of nitrogens with zero attached hydrogens (tertiary/aromatic N) is 8. The normalized spacial score (nSPS) is 19.6. The largest absolute Gasteiger partial charge is 0.491 e. The summed E-state index contributed by atoms with van der Waals surface area (Å²) in [6.07, 6.45) is 1.94. The molecule has 0 spiro atoms. The van der Waals surface area contributed by atoms with E-state index in [9.17, 15) is 9.18 Å². The Morgan fingerprint density at radius 2 is 1.58 bits per heavy atom. The van der Waals surface area contributed by atoms with Gasteiger partial charge in [0.1, 0.15) is 48.5 Å². The number of benzene rings is 4. The van der Waals surface area contributed by atoms with Crippen molar-refractivity contribution in [2.24, 2.45) is 0 Å². The van der Waals surface area contributed by atoms with E-state index in [1.165, 1.54) is 16.8 Å². The molecule has 2 aliphatic rings. The summed E-state index contributed by atoms with van der Waals surface area (Å²) >= 11 is 0. The Bertz CT molecular complexity index is 2250. The molecule has 12 nitrogen and oxygen atoms in total. The highest BCUT2D eigenvalue weighted by molar-refractivity contribution is 5.73. The molecule has 8 rings (SSSR count). The molecule has 4 aromatic carbocycles. The van der Waals surface area contributed by atoms with Crippen molar-refractivity contribution in [3.8, 4) is 11.4 Å². The lowest BCUT2D eigenvalue weighted by Crippen LogP contribution is -2.46. The van der Waals surface area contributed by atoms with Gasteiger partial charge in [0.2, 0.25) is 5.79 Å². The van der Waals surface area contributed by atoms with Crippen molar-refractivity contribution < 1.29 is 23.0 Å². The van der Waals surface area contributed by atoms with Gasteiger partial charge in [-0.15, -0.1) is 5.10 Å². The van der Waals surface area contributed by atoms with Gasteiger partial charge in [-0.25, -0.2) is 18.3 Å². The summed E-state index contributed by atoms with van der Waals surface area (Å²) in [5.41, 5.74) is 4.29. The second kappa shape index (κ2) is 14.4. The molecule has 2 aromatic heterocycles. The highest BCUT2D eigenvalue weighted by Crippen LogP contribution is 2.38. The van der Waals surface area contributed by atoms with Crippen LogP contribution < -0.4 is 20.2 Å². The maximum absolute atomic E-state index is 15.2. The summed E-state index contributed by atoms with van der Waals surface area (Å²) in [5.74, 6) is -2.36. The quantitative estimate of drug-likeness (QED) is 0.167. The molecular formula is C39H40F2N8O4. The molecule has 0 saturated carbocycles. The Balaban J connectivity index is 0.872. The predicted octanol–water partition coefficient (Wildman–Crippen LogP) is 5.70. The SMILES string of the molecule is CCC(C)n1cnn(-c2ccc(N3CCN(c4ccc(OC[C@@H]5CO[C@@](Cn6nnc7ccccc76)(c6ccc(F)cc6F)O5)cc4)CC3)cc2)c1=O. The zero-order chi connectivity index (χ0) is 36.5. The maximum atomic E-state index is 15.2. The van der Waals surface area contributed by atoms with Crippen LogP contribution in [0, 0.1) is 11.6 Å². The van der Waals surface area contributed by atoms with Gasteiger partial charge in [0.25, 0.3) is 0 Å². The van der Waals surface area contributed by atoms with Crippen LogP contribution in [0.25, 0.3) is 16.7 Å². The van der Waals surface area contributed by atoms with Crippen LogP contribution in [-0.4, -0.2) is 74.8 Å². The van der Waals surface area contributed by atoms with E-state index >= 15 is 4.39 Å². The number of rotatable bonds is 11. The highest BCUT2D eigenvalue weighted by Gasteiger charge is 2.46. The van der Waals surface area contributed by atoms with Crippen molar-refractivity contribution in [1.29, 1.82) is 0 Å². The number of hydrogen-bond acceptors (Lipinski definition) is 9. The van der Waals surface area contributed by atoms with Crippen LogP contribution in [0.3, 0.4) is 0 Å². The van der Waals surface area contributed by atoms with Crippen molar-refractivity contribution >= 4 is 22.4 Å². The lowest BCUT2D eigenvalue weighted by Gasteiger charge is -2.37. The molecule has 2 fully saturated rings. The molecule has 53 heavy (non-hydrogen) atoms. The summed E-state index contributed by atoms with van der Waals surface area (Å²) < 4.78 is 52.4. The van der Waals surface area contributed by atoms with E-state index in [1.54, 1.807) is 15.6 Å². The van der Waals surface area contributed by atoms with E-state index in [1.807, 2.05) is 79.7 Å². The Labute approximate surface area is 304 Å². The van der Waals surface area contributed by atoms with Crippen molar-refractivity contribution in [2.45, 2.75) is 44.7 Å². The Hall–Kier alpha value is -5.60. The first kappa shape index (κ1) is 34.5. The minimum Gasteiger partial charge on any atom is -0.491 e. The van der Waals surface area contributed by atoms with Crippen molar-refractivity contribution in [1.82, 2.24) is 29.3 Å². The van der Waals surface area contributed by atoms with Gasteiger partial charge in [0.05, 0.1) is 17.8 Å². The van der Waals surface area contributed by atoms with Crippen LogP contribution >= 0.6 is 0 Å². The third kappa shape index (κ3) is 6.87. The molecule has 274 valence electrons. The third-order valence-corrected chi connectivity index (χ3v) is 10.1. The highest BCUT2D eigenvalue weighted by atomic mass is 19.1. The summed E-state index contributed by atoms with van der Waals surface area (Å²) in [4.78, 5) is 17.5. The lowest BCUT2D eigenvalue weighted by molar-refractivity contribution is -0.192. The summed E-state index contributed by atoms with van der Waals surface area (Å²) in [6.45, 7) is 7.75. The molecule has 0 amide bonds. The van der Waals surface area contributed by atoms with E-state index in [2.05, 4.69) is 32.1 Å². The number of fused-ring (bicyclic) bond motifs is 1. The number of anilines is 2. The molecule has 4 heterocycles. The fraction of sp³-hybridized carbons (Fsp3) is 0.333. The summed E-state index contributed by atoms with van der Waals surface area (Å²) in [7, 11) is 0. The number of para-hydroxylation sites is 1. The molecular weight excluding hydrogens is 682 g/mol. The number of ether oxygens (including phenoxy) is 3. The van der Waals surface area contributed by atoms with Crippen LogP contribution in [0.1, 0.15) is 31.9 Å². The third-order valence-electron chi connectivity index (χ3n) is 10.1. The van der Waals surface area contributed by atoms with Crippen LogP contribution in [0.5, 0.6) is 5.75 Å². The first-order valence-corrected chi connectivity index (χ1v) is 17.8. The molecule has 0 bridgehead atoms. The minimum absolute atomic E-state index is 0.00585. The van der Waals surface area contributed by atoms with Gasteiger partial charge in [-0.1, -0.05) is 24.3 Å². The second-order valence-corrected chi connectivity index (χ2v) is 13.4. The van der Waals surface area contributed by atoms with Gasteiger partial charge in [-0.3, -0.25) is 4.57 Å². The zero-order valence-electron chi connectivity index (χ0n) is 29.5. The average molecular weight is 723 g/mol. The number of hydrogen-bond donors (Lipinski definition) is 0. The Kier molecular flexibility index (Phi) is 9.39. The van der Waals surface area contributed by atoms with Gasteiger partial charge in [0, 0.05) is 55.2 Å². The molecule has 0 radical (unpaired) electrons. The molecule has 2 saturated heterocycles. The van der Waals surface area contributed by atoms with Gasteiger partial charge in [-0.05, 0) is 86.1 Å². The molecule has 14 heteroatoms. The lowest BCUT2D eigenvalue weighted by atomic mass is 10.0. The van der Waals surface area contributed by atoms with Crippen molar-refractivity contribution in [2.75, 3.05) is 49.2 Å². The second-order valence-electron chi connectivity index (χ2n) is 13.4. The Morgan fingerprint density at radius 1 is 0.906 bits per heavy atom. The topological polar surface area (TPSA) is 105 Å². The monoisotopic (exact) mass is 722 g/mol. The van der Waals surface area contributed by atoms with Gasteiger partial charge >= 0.3 is 5.69 Å². The minimum atomic E-state index is -1.56. The van der Waals surface area contributed by atoms with E-state index in [0.717, 1.165) is 61.2 Å². The number of piperazine rings is 1. The van der Waals surface area contributed by atoms with Crippen LogP contribution in [0.4, 0.5) is 20.2 Å². The molecule has 2 aliphatic heterocycles. The van der Waals surface area contributed by atoms with Crippen molar-refractivity contribution in [3.63, 3.8) is 0 Å². The summed E-state index contributed by atoms with van der Waals surface area (Å²) in [5, 5.41) is 12.8. The molecule has 3 atom stereocenters. The van der Waals surface area contributed by atoms with Gasteiger partial charge < -0.3 is 24.0 Å². The van der Waals surface area contributed by atoms with E-state index in [4.69, 9.17) is 14.2 Å². The maximum Gasteiger partial charge on any atom is 0.350 e.